The largest absolute Gasteiger partial charge is 0.494 e. The molecule has 2 aromatic rings. The highest BCUT2D eigenvalue weighted by Gasteiger charge is 2.18. The smallest absolute Gasteiger partial charge is 0.207 e. The minimum Gasteiger partial charge on any atom is -0.494 e. The van der Waals surface area contributed by atoms with Crippen molar-refractivity contribution in [2.24, 2.45) is 0 Å². The Bertz CT molecular complexity index is 840. The maximum absolute atomic E-state index is 10.4. The van der Waals surface area contributed by atoms with Crippen LogP contribution in [0.25, 0.3) is 0 Å². The molecule has 2 heterocycles. The van der Waals surface area contributed by atoms with Gasteiger partial charge < -0.3 is 19.7 Å². The third kappa shape index (κ3) is 8.19. The van der Waals surface area contributed by atoms with Gasteiger partial charge in [0.05, 0.1) is 12.7 Å². The van der Waals surface area contributed by atoms with Crippen LogP contribution in [0.1, 0.15) is 38.2 Å². The van der Waals surface area contributed by atoms with Crippen molar-refractivity contribution in [1.82, 2.24) is 10.2 Å². The van der Waals surface area contributed by atoms with Gasteiger partial charge in [0.15, 0.2) is 0 Å². The molecule has 174 valence electrons. The topological polar surface area (TPSA) is 50.8 Å². The highest BCUT2D eigenvalue weighted by Crippen LogP contribution is 2.29. The van der Waals surface area contributed by atoms with Crippen LogP contribution in [0.2, 0.25) is 10.0 Å². The van der Waals surface area contributed by atoms with Crippen LogP contribution in [-0.4, -0.2) is 49.7 Å². The zero-order valence-corrected chi connectivity index (χ0v) is 20.1. The first-order valence-electron chi connectivity index (χ1n) is 11.3. The number of carbonyl (C=O) groups excluding carboxylic acids is 1. The normalized spacial score (nSPS) is 18.5. The predicted octanol–water partition coefficient (Wildman–Crippen LogP) is 5.37. The molecule has 1 amide bonds. The second-order valence-corrected chi connectivity index (χ2v) is 9.15. The molecule has 1 atom stereocenters. The maximum atomic E-state index is 10.4. The number of aryl methyl sites for hydroxylation is 1. The quantitative estimate of drug-likeness (QED) is 0.429. The zero-order valence-electron chi connectivity index (χ0n) is 18.6. The van der Waals surface area contributed by atoms with Crippen LogP contribution in [0, 0.1) is 0 Å². The summed E-state index contributed by atoms with van der Waals surface area (Å²) in [6.07, 6.45) is 6.41. The molecular formula is C25H32Cl2N2O3. The number of piperidine rings is 1. The lowest BCUT2D eigenvalue weighted by atomic mass is 10.0. The van der Waals surface area contributed by atoms with Gasteiger partial charge in [0, 0.05) is 35.7 Å². The summed E-state index contributed by atoms with van der Waals surface area (Å²) < 4.78 is 11.3. The van der Waals surface area contributed by atoms with E-state index in [-0.39, 0.29) is 0 Å². The Balaban J connectivity index is 0.000000204. The van der Waals surface area contributed by atoms with Crippen LogP contribution >= 0.6 is 23.2 Å². The molecule has 0 aromatic heterocycles. The van der Waals surface area contributed by atoms with Gasteiger partial charge in [0.25, 0.3) is 0 Å². The van der Waals surface area contributed by atoms with Crippen LogP contribution < -0.4 is 14.8 Å². The first-order valence-corrected chi connectivity index (χ1v) is 12.0. The number of hydrogen-bond donors (Lipinski definition) is 1. The summed E-state index contributed by atoms with van der Waals surface area (Å²) in [7, 11) is 0. The summed E-state index contributed by atoms with van der Waals surface area (Å²) in [5.74, 6) is 1.86. The van der Waals surface area contributed by atoms with Crippen LogP contribution in [0.5, 0.6) is 11.5 Å². The standard InChI is InChI=1S/C15H21ClN2O2.C10H11ClO/c16-13-2-4-15(5-3-13)20-11-1-8-18-9-6-14(7-10-18)17-12-19;1-7-2-3-8-6-9(11)4-5-10(8)12-7/h2-5,12,14H,1,6-11H2,(H,17,19);4-7H,2-3H2,1H3. The number of fused-ring (bicyclic) bond motifs is 1. The fourth-order valence-corrected chi connectivity index (χ4v) is 4.24. The van der Waals surface area contributed by atoms with Gasteiger partial charge in [-0.15, -0.1) is 0 Å². The van der Waals surface area contributed by atoms with Crippen LogP contribution in [0.3, 0.4) is 0 Å². The van der Waals surface area contributed by atoms with Crippen molar-refractivity contribution in [2.45, 2.75) is 51.2 Å². The van der Waals surface area contributed by atoms with Gasteiger partial charge in [-0.25, -0.2) is 0 Å². The number of rotatable bonds is 7. The highest BCUT2D eigenvalue weighted by atomic mass is 35.5. The summed E-state index contributed by atoms with van der Waals surface area (Å²) in [6, 6.07) is 13.6. The van der Waals surface area contributed by atoms with Gasteiger partial charge >= 0.3 is 0 Å². The molecule has 0 radical (unpaired) electrons. The summed E-state index contributed by atoms with van der Waals surface area (Å²) in [5, 5.41) is 4.38. The van der Waals surface area contributed by atoms with E-state index < -0.39 is 0 Å². The van der Waals surface area contributed by atoms with Crippen LogP contribution in [-0.2, 0) is 11.2 Å². The average Bonchev–Trinajstić information content (AvgIpc) is 2.80. The molecule has 1 fully saturated rings. The van der Waals surface area contributed by atoms with E-state index in [1.54, 1.807) is 0 Å². The third-order valence-corrected chi connectivity index (χ3v) is 6.25. The number of likely N-dealkylation sites (tertiary alicyclic amines) is 1. The molecule has 2 aliphatic rings. The van der Waals surface area contributed by atoms with E-state index >= 15 is 0 Å². The van der Waals surface area contributed by atoms with Gasteiger partial charge in [-0.3, -0.25) is 4.79 Å². The summed E-state index contributed by atoms with van der Waals surface area (Å²) in [5.41, 5.74) is 1.24. The highest BCUT2D eigenvalue weighted by molar-refractivity contribution is 6.30. The lowest BCUT2D eigenvalue weighted by Gasteiger charge is -2.31. The molecule has 1 N–H and O–H groups in total. The third-order valence-electron chi connectivity index (χ3n) is 5.76. The second-order valence-electron chi connectivity index (χ2n) is 8.28. The number of benzene rings is 2. The van der Waals surface area contributed by atoms with Crippen molar-refractivity contribution in [1.29, 1.82) is 0 Å². The van der Waals surface area contributed by atoms with E-state index in [2.05, 4.69) is 17.1 Å². The van der Waals surface area contributed by atoms with Crippen molar-refractivity contribution >= 4 is 29.6 Å². The van der Waals surface area contributed by atoms with Gasteiger partial charge in [0.1, 0.15) is 11.5 Å². The predicted molar refractivity (Wildman–Crippen MR) is 130 cm³/mol. The first kappa shape index (κ1) is 24.7. The van der Waals surface area contributed by atoms with Gasteiger partial charge in [0.2, 0.25) is 6.41 Å². The van der Waals surface area contributed by atoms with Crippen molar-refractivity contribution in [3.63, 3.8) is 0 Å². The van der Waals surface area contributed by atoms with Crippen molar-refractivity contribution in [3.05, 3.63) is 58.1 Å². The fourth-order valence-electron chi connectivity index (χ4n) is 3.92. The molecule has 1 saturated heterocycles. The zero-order chi connectivity index (χ0) is 22.8. The fraction of sp³-hybridized carbons (Fsp3) is 0.480. The molecule has 0 spiro atoms. The van der Waals surface area contributed by atoms with Gasteiger partial charge in [-0.05, 0) is 87.1 Å². The minimum absolute atomic E-state index is 0.346. The molecule has 0 bridgehead atoms. The summed E-state index contributed by atoms with van der Waals surface area (Å²) in [4.78, 5) is 12.8. The molecule has 0 aliphatic carbocycles. The molecule has 4 rings (SSSR count). The number of halogens is 2. The van der Waals surface area contributed by atoms with E-state index in [0.29, 0.717) is 18.8 Å². The molecule has 32 heavy (non-hydrogen) atoms. The lowest BCUT2D eigenvalue weighted by Crippen LogP contribution is -2.42. The van der Waals surface area contributed by atoms with E-state index in [9.17, 15) is 4.79 Å². The van der Waals surface area contributed by atoms with E-state index in [1.165, 1.54) is 5.56 Å². The Hall–Kier alpha value is -1.95. The maximum Gasteiger partial charge on any atom is 0.207 e. The van der Waals surface area contributed by atoms with Crippen molar-refractivity contribution in [2.75, 3.05) is 26.2 Å². The molecule has 7 heteroatoms. The number of nitrogens with one attached hydrogen (secondary N) is 1. The molecule has 2 aromatic carbocycles. The van der Waals surface area contributed by atoms with E-state index in [1.807, 2.05) is 42.5 Å². The molecular weight excluding hydrogens is 447 g/mol. The van der Waals surface area contributed by atoms with Crippen molar-refractivity contribution in [3.8, 4) is 11.5 Å². The Labute approximate surface area is 201 Å². The number of hydrogen-bond acceptors (Lipinski definition) is 4. The number of ether oxygens (including phenoxy) is 2. The van der Waals surface area contributed by atoms with Crippen molar-refractivity contribution < 1.29 is 14.3 Å². The monoisotopic (exact) mass is 478 g/mol. The lowest BCUT2D eigenvalue weighted by molar-refractivity contribution is -0.110. The molecule has 2 aliphatic heterocycles. The number of nitrogens with zero attached hydrogens (tertiary/aromatic N) is 1. The van der Waals surface area contributed by atoms with Gasteiger partial charge in [-0.2, -0.15) is 0 Å². The second kappa shape index (κ2) is 12.9. The summed E-state index contributed by atoms with van der Waals surface area (Å²) in [6.45, 7) is 5.95. The Morgan fingerprint density at radius 2 is 1.81 bits per heavy atom. The van der Waals surface area contributed by atoms with Crippen LogP contribution in [0.15, 0.2) is 42.5 Å². The molecule has 0 saturated carbocycles. The average molecular weight is 479 g/mol. The van der Waals surface area contributed by atoms with E-state index in [0.717, 1.165) is 79.7 Å². The van der Waals surface area contributed by atoms with Gasteiger partial charge in [-0.1, -0.05) is 23.2 Å². The minimum atomic E-state index is 0.346. The van der Waals surface area contributed by atoms with E-state index in [4.69, 9.17) is 32.7 Å². The molecule has 5 nitrogen and oxygen atoms in total. The Morgan fingerprint density at radius 3 is 2.53 bits per heavy atom. The number of carbonyl (C=O) groups is 1. The number of amides is 1. The Morgan fingerprint density at radius 1 is 1.09 bits per heavy atom. The summed E-state index contributed by atoms with van der Waals surface area (Å²) >= 11 is 11.7. The first-order chi connectivity index (χ1) is 15.5. The van der Waals surface area contributed by atoms with Crippen LogP contribution in [0.4, 0.5) is 0 Å². The Kier molecular flexibility index (Phi) is 9.97. The SMILES string of the molecule is CC1CCc2cc(Cl)ccc2O1.O=CNC1CCN(CCCOc2ccc(Cl)cc2)CC1. The molecule has 1 unspecified atom stereocenters.